The molecule has 248 valence electrons. The Morgan fingerprint density at radius 1 is 0.571 bits per heavy atom. The molecule has 0 spiro atoms. The van der Waals surface area contributed by atoms with E-state index in [1.165, 1.54) is 64.5 Å². The molecular formula is C45H45IP2S. The summed E-state index contributed by atoms with van der Waals surface area (Å²) in [7, 11) is -1.48. The summed E-state index contributed by atoms with van der Waals surface area (Å²) in [5, 5.41) is 8.53. The van der Waals surface area contributed by atoms with Gasteiger partial charge < -0.3 is 0 Å². The number of hydrogen-bond donors (Lipinski definition) is 0. The van der Waals surface area contributed by atoms with Gasteiger partial charge in [0.15, 0.2) is 0 Å². The molecule has 0 nitrogen and oxygen atoms in total. The Balaban J connectivity index is 1.43. The fourth-order valence-electron chi connectivity index (χ4n) is 6.37. The maximum absolute atomic E-state index is 2.66. The van der Waals surface area contributed by atoms with Gasteiger partial charge in [0.05, 0.1) is 0 Å². The van der Waals surface area contributed by atoms with Gasteiger partial charge in [0, 0.05) is 0 Å². The second kappa shape index (κ2) is 15.7. The zero-order chi connectivity index (χ0) is 33.8. The van der Waals surface area contributed by atoms with Gasteiger partial charge >= 0.3 is 310 Å². The van der Waals surface area contributed by atoms with E-state index >= 15 is 0 Å². The number of rotatable bonds is 11. The van der Waals surface area contributed by atoms with Gasteiger partial charge in [-0.05, 0) is 0 Å². The van der Waals surface area contributed by atoms with Crippen LogP contribution in [0, 0.1) is 3.57 Å². The first kappa shape index (κ1) is 34.7. The van der Waals surface area contributed by atoms with Crippen molar-refractivity contribution in [2.24, 2.45) is 0 Å². The molecule has 1 unspecified atom stereocenters. The molecule has 7 rings (SSSR count). The van der Waals surface area contributed by atoms with Crippen LogP contribution in [0.3, 0.4) is 0 Å². The van der Waals surface area contributed by atoms with Crippen molar-refractivity contribution in [3.8, 4) is 0 Å². The standard InChI is InChI=1S/C45H45IP2S/c1-5-18-36-33-46(36)35-28-30-42(48(39-23-14-8-15-24-39)40-25-16-9-17-26-40)44(32-35)49-43-31-34(45(2,3)4)27-29-41(43)47(37-19-10-6-11-20-37)38-21-12-7-13-22-38/h6-17,19-32,36H,5,18,33H2,1-4H3. The van der Waals surface area contributed by atoms with Crippen LogP contribution in [-0.2, 0) is 5.41 Å². The monoisotopic (exact) mass is 806 g/mol. The predicted molar refractivity (Wildman–Crippen MR) is 229 cm³/mol. The number of halogens is 1. The molecule has 6 aromatic carbocycles. The summed E-state index contributed by atoms with van der Waals surface area (Å²) < 4.78 is 4.13. The Morgan fingerprint density at radius 3 is 1.43 bits per heavy atom. The van der Waals surface area contributed by atoms with E-state index in [2.05, 4.69) is 185 Å². The van der Waals surface area contributed by atoms with Crippen molar-refractivity contribution in [2.45, 2.75) is 59.7 Å². The summed E-state index contributed by atoms with van der Waals surface area (Å²) in [4.78, 5) is 2.84. The Bertz CT molecular complexity index is 1900. The van der Waals surface area contributed by atoms with E-state index in [0.29, 0.717) is 0 Å². The van der Waals surface area contributed by atoms with Gasteiger partial charge in [-0.15, -0.1) is 0 Å². The van der Waals surface area contributed by atoms with E-state index in [1.807, 2.05) is 11.8 Å². The van der Waals surface area contributed by atoms with Gasteiger partial charge in [-0.1, -0.05) is 0 Å². The van der Waals surface area contributed by atoms with Crippen LogP contribution in [-0.4, -0.2) is 8.35 Å². The zero-order valence-electron chi connectivity index (χ0n) is 28.9. The Hall–Kier alpha value is -2.74. The molecule has 1 fully saturated rings. The molecule has 1 heterocycles. The molecule has 0 saturated carbocycles. The molecule has 0 bridgehead atoms. The number of benzene rings is 6. The van der Waals surface area contributed by atoms with Crippen molar-refractivity contribution in [1.82, 2.24) is 0 Å². The summed E-state index contributed by atoms with van der Waals surface area (Å²) in [5.41, 5.74) is 1.44. The Morgan fingerprint density at radius 2 is 1.00 bits per heavy atom. The Labute approximate surface area is 308 Å². The van der Waals surface area contributed by atoms with Gasteiger partial charge in [0.2, 0.25) is 0 Å². The summed E-state index contributed by atoms with van der Waals surface area (Å²) >= 11 is 0.917. The van der Waals surface area contributed by atoms with Crippen LogP contribution >= 0.6 is 47.4 Å². The predicted octanol–water partition coefficient (Wildman–Crippen LogP) is 10.5. The molecule has 1 aliphatic heterocycles. The van der Waals surface area contributed by atoms with Crippen LogP contribution in [0.2, 0.25) is 0 Å². The topological polar surface area (TPSA) is 0 Å². The van der Waals surface area contributed by atoms with Gasteiger partial charge in [-0.3, -0.25) is 0 Å². The first-order valence-corrected chi connectivity index (χ1v) is 24.7. The van der Waals surface area contributed by atoms with E-state index < -0.39 is 35.7 Å². The van der Waals surface area contributed by atoms with Crippen molar-refractivity contribution in [2.75, 3.05) is 4.43 Å². The van der Waals surface area contributed by atoms with Gasteiger partial charge in [0.1, 0.15) is 0 Å². The van der Waals surface area contributed by atoms with Crippen molar-refractivity contribution >= 4 is 79.3 Å². The molecule has 49 heavy (non-hydrogen) atoms. The van der Waals surface area contributed by atoms with Crippen LogP contribution in [0.15, 0.2) is 168 Å². The first-order valence-electron chi connectivity index (χ1n) is 17.3. The van der Waals surface area contributed by atoms with Crippen LogP contribution in [0.5, 0.6) is 0 Å². The third-order valence-electron chi connectivity index (χ3n) is 8.99. The minimum absolute atomic E-state index is 0.0522. The molecule has 1 atom stereocenters. The third kappa shape index (κ3) is 8.10. The van der Waals surface area contributed by atoms with Crippen LogP contribution in [0.25, 0.3) is 0 Å². The number of hydrogen-bond acceptors (Lipinski definition) is 1. The molecule has 6 aromatic rings. The number of alkyl halides is 2. The third-order valence-corrected chi connectivity index (χ3v) is 21.8. The second-order valence-electron chi connectivity index (χ2n) is 13.6. The first-order chi connectivity index (χ1) is 23.9. The van der Waals surface area contributed by atoms with Crippen molar-refractivity contribution in [3.63, 3.8) is 0 Å². The van der Waals surface area contributed by atoms with Crippen molar-refractivity contribution < 1.29 is 0 Å². The molecule has 0 aromatic heterocycles. The average molecular weight is 807 g/mol. The second-order valence-corrected chi connectivity index (χ2v) is 25.2. The van der Waals surface area contributed by atoms with Crippen LogP contribution in [0.4, 0.5) is 0 Å². The molecule has 0 N–H and O–H groups in total. The quantitative estimate of drug-likeness (QED) is 0.0714. The van der Waals surface area contributed by atoms with Crippen molar-refractivity contribution in [3.05, 3.63) is 167 Å². The van der Waals surface area contributed by atoms with Crippen LogP contribution < -0.4 is 31.8 Å². The average Bonchev–Trinajstić information content (AvgIpc) is 3.90. The SMILES string of the molecule is CCCC1CI1c1ccc(P(c2ccccc2)c2ccccc2)c(Sc2cc(C(C)(C)C)ccc2P(c2ccccc2)c2ccccc2)c1. The molecule has 4 heteroatoms. The molecule has 1 saturated heterocycles. The van der Waals surface area contributed by atoms with E-state index in [9.17, 15) is 0 Å². The zero-order valence-corrected chi connectivity index (χ0v) is 33.7. The molecule has 0 amide bonds. The van der Waals surface area contributed by atoms with Gasteiger partial charge in [0.25, 0.3) is 0 Å². The van der Waals surface area contributed by atoms with Gasteiger partial charge in [-0.2, -0.15) is 0 Å². The summed E-state index contributed by atoms with van der Waals surface area (Å²) in [5.74, 6) is 0. The summed E-state index contributed by atoms with van der Waals surface area (Å²) in [6.45, 7) is 9.39. The molecule has 1 aliphatic rings. The Kier molecular flexibility index (Phi) is 11.1. The normalized spacial score (nSPS) is 15.1. The molecule has 0 aliphatic carbocycles. The fraction of sp³-hybridized carbons (Fsp3) is 0.200. The maximum atomic E-state index is 2.66. The minimum atomic E-state index is -1.12. The fourth-order valence-corrected chi connectivity index (χ4v) is 19.6. The van der Waals surface area contributed by atoms with E-state index in [0.717, 1.165) is 3.92 Å². The molecule has 0 radical (unpaired) electrons. The summed E-state index contributed by atoms with van der Waals surface area (Å²) in [6, 6.07) is 60.0. The molecular weight excluding hydrogens is 761 g/mol. The van der Waals surface area contributed by atoms with Crippen molar-refractivity contribution in [1.29, 1.82) is 0 Å². The summed E-state index contributed by atoms with van der Waals surface area (Å²) in [6.07, 6.45) is 2.70. The van der Waals surface area contributed by atoms with Crippen LogP contribution in [0.1, 0.15) is 46.1 Å². The van der Waals surface area contributed by atoms with E-state index in [-0.39, 0.29) is 5.41 Å². The van der Waals surface area contributed by atoms with E-state index in [1.54, 1.807) is 3.57 Å². The van der Waals surface area contributed by atoms with Gasteiger partial charge in [-0.25, -0.2) is 0 Å². The van der Waals surface area contributed by atoms with E-state index in [4.69, 9.17) is 0 Å².